The molecule has 3 rings (SSSR count). The number of nitrogens with zero attached hydrogens (tertiary/aromatic N) is 1. The van der Waals surface area contributed by atoms with Crippen molar-refractivity contribution in [2.24, 2.45) is 5.92 Å². The van der Waals surface area contributed by atoms with Crippen LogP contribution in [0.25, 0.3) is 0 Å². The number of para-hydroxylation sites is 1. The smallest absolute Gasteiger partial charge is 0.293 e. The fourth-order valence-corrected chi connectivity index (χ4v) is 2.87. The van der Waals surface area contributed by atoms with Gasteiger partial charge in [0.15, 0.2) is 0 Å². The van der Waals surface area contributed by atoms with Crippen molar-refractivity contribution in [3.8, 4) is 0 Å². The van der Waals surface area contributed by atoms with Crippen molar-refractivity contribution in [1.82, 2.24) is 0 Å². The minimum atomic E-state index is -0.407. The quantitative estimate of drug-likeness (QED) is 0.680. The van der Waals surface area contributed by atoms with Gasteiger partial charge in [-0.3, -0.25) is 10.1 Å². The summed E-state index contributed by atoms with van der Waals surface area (Å²) in [7, 11) is 0. The van der Waals surface area contributed by atoms with Gasteiger partial charge in [-0.15, -0.1) is 0 Å². The molecule has 6 heteroatoms. The minimum Gasteiger partial charge on any atom is -0.376 e. The lowest BCUT2D eigenvalue weighted by atomic mass is 10.1. The van der Waals surface area contributed by atoms with Crippen LogP contribution in [0.15, 0.2) is 18.2 Å². The summed E-state index contributed by atoms with van der Waals surface area (Å²) in [6, 6.07) is 4.84. The zero-order valence-corrected chi connectivity index (χ0v) is 11.1. The average molecular weight is 283 g/mol. The van der Waals surface area contributed by atoms with Gasteiger partial charge in [0.1, 0.15) is 5.69 Å². The summed E-state index contributed by atoms with van der Waals surface area (Å²) < 4.78 is 5.73. The monoisotopic (exact) mass is 282 g/mol. The van der Waals surface area contributed by atoms with E-state index in [1.807, 2.05) is 0 Å². The number of hydrogen-bond acceptors (Lipinski definition) is 4. The van der Waals surface area contributed by atoms with Gasteiger partial charge in [0.05, 0.1) is 22.1 Å². The maximum Gasteiger partial charge on any atom is 0.293 e. The van der Waals surface area contributed by atoms with E-state index in [0.717, 1.165) is 6.42 Å². The predicted octanol–water partition coefficient (Wildman–Crippen LogP) is 3.23. The lowest BCUT2D eigenvalue weighted by molar-refractivity contribution is -0.384. The predicted molar refractivity (Wildman–Crippen MR) is 72.6 cm³/mol. The first-order chi connectivity index (χ1) is 9.16. The van der Waals surface area contributed by atoms with E-state index in [4.69, 9.17) is 16.3 Å². The third kappa shape index (κ3) is 2.53. The van der Waals surface area contributed by atoms with E-state index in [-0.39, 0.29) is 17.8 Å². The van der Waals surface area contributed by atoms with Gasteiger partial charge in [0.2, 0.25) is 0 Å². The van der Waals surface area contributed by atoms with E-state index < -0.39 is 4.92 Å². The van der Waals surface area contributed by atoms with Crippen LogP contribution in [0.1, 0.15) is 19.3 Å². The molecule has 2 atom stereocenters. The third-order valence-corrected chi connectivity index (χ3v) is 4.06. The molecule has 2 fully saturated rings. The topological polar surface area (TPSA) is 64.4 Å². The van der Waals surface area contributed by atoms with E-state index in [1.54, 1.807) is 12.1 Å². The van der Waals surface area contributed by atoms with Gasteiger partial charge in [0, 0.05) is 12.7 Å². The Labute approximate surface area is 116 Å². The van der Waals surface area contributed by atoms with Crippen molar-refractivity contribution in [2.75, 3.05) is 11.9 Å². The first-order valence-electron chi connectivity index (χ1n) is 6.48. The van der Waals surface area contributed by atoms with E-state index in [2.05, 4.69) is 5.32 Å². The minimum absolute atomic E-state index is 0.0222. The number of rotatable bonds is 4. The van der Waals surface area contributed by atoms with Crippen molar-refractivity contribution in [1.29, 1.82) is 0 Å². The highest BCUT2D eigenvalue weighted by molar-refractivity contribution is 6.33. The average Bonchev–Trinajstić information content (AvgIpc) is 3.12. The van der Waals surface area contributed by atoms with E-state index >= 15 is 0 Å². The molecule has 1 aliphatic heterocycles. The van der Waals surface area contributed by atoms with Crippen LogP contribution < -0.4 is 5.32 Å². The number of nitro groups is 1. The van der Waals surface area contributed by atoms with Crippen LogP contribution >= 0.6 is 11.6 Å². The SMILES string of the molecule is O=[N+]([O-])c1cccc(Cl)c1NC1CCOC1C1CC1. The molecule has 1 saturated carbocycles. The molecule has 0 spiro atoms. The van der Waals surface area contributed by atoms with Crippen LogP contribution in [0.2, 0.25) is 5.02 Å². The standard InChI is InChI=1S/C13H15ClN2O3/c14-9-2-1-3-11(16(17)18)12(9)15-10-6-7-19-13(10)8-4-5-8/h1-3,8,10,13,15H,4-7H2. The van der Waals surface area contributed by atoms with Crippen LogP contribution in [-0.4, -0.2) is 23.7 Å². The van der Waals surface area contributed by atoms with Crippen LogP contribution in [0.3, 0.4) is 0 Å². The summed E-state index contributed by atoms with van der Waals surface area (Å²) in [5, 5.41) is 14.7. The van der Waals surface area contributed by atoms with Gasteiger partial charge < -0.3 is 10.1 Å². The summed E-state index contributed by atoms with van der Waals surface area (Å²) >= 11 is 6.09. The molecule has 1 heterocycles. The Kier molecular flexibility index (Phi) is 3.33. The van der Waals surface area contributed by atoms with Crippen molar-refractivity contribution >= 4 is 23.0 Å². The van der Waals surface area contributed by atoms with Crippen LogP contribution in [0.5, 0.6) is 0 Å². The fraction of sp³-hybridized carbons (Fsp3) is 0.538. The number of benzene rings is 1. The molecule has 1 N–H and O–H groups in total. The number of hydrogen-bond donors (Lipinski definition) is 1. The van der Waals surface area contributed by atoms with E-state index in [9.17, 15) is 10.1 Å². The van der Waals surface area contributed by atoms with Gasteiger partial charge in [-0.05, 0) is 31.2 Å². The molecule has 102 valence electrons. The second-order valence-corrected chi connectivity index (χ2v) is 5.51. The molecule has 0 aromatic heterocycles. The highest BCUT2D eigenvalue weighted by atomic mass is 35.5. The fourth-order valence-electron chi connectivity index (χ4n) is 2.65. The van der Waals surface area contributed by atoms with Gasteiger partial charge in [-0.1, -0.05) is 17.7 Å². The van der Waals surface area contributed by atoms with E-state index in [1.165, 1.54) is 18.9 Å². The summed E-state index contributed by atoms with van der Waals surface area (Å²) in [5.41, 5.74) is 0.435. The molecule has 1 saturated heterocycles. The Balaban J connectivity index is 1.84. The van der Waals surface area contributed by atoms with Crippen LogP contribution in [0, 0.1) is 16.0 Å². The van der Waals surface area contributed by atoms with Gasteiger partial charge in [-0.25, -0.2) is 0 Å². The van der Waals surface area contributed by atoms with Crippen molar-refractivity contribution in [2.45, 2.75) is 31.4 Å². The maximum atomic E-state index is 11.1. The lowest BCUT2D eigenvalue weighted by Crippen LogP contribution is -2.31. The molecule has 1 aliphatic carbocycles. The summed E-state index contributed by atoms with van der Waals surface area (Å²) in [6.45, 7) is 0.705. The number of anilines is 1. The summed E-state index contributed by atoms with van der Waals surface area (Å²) in [6.07, 6.45) is 3.40. The Bertz CT molecular complexity index is 505. The molecule has 5 nitrogen and oxygen atoms in total. The van der Waals surface area contributed by atoms with Gasteiger partial charge in [0.25, 0.3) is 5.69 Å². The lowest BCUT2D eigenvalue weighted by Gasteiger charge is -2.21. The zero-order chi connectivity index (χ0) is 13.4. The maximum absolute atomic E-state index is 11.1. The Morgan fingerprint density at radius 3 is 2.84 bits per heavy atom. The molecule has 1 aromatic rings. The Morgan fingerprint density at radius 2 is 2.16 bits per heavy atom. The van der Waals surface area contributed by atoms with E-state index in [0.29, 0.717) is 23.2 Å². The largest absolute Gasteiger partial charge is 0.376 e. The number of ether oxygens (including phenoxy) is 1. The molecule has 0 radical (unpaired) electrons. The number of nitro benzene ring substituents is 1. The van der Waals surface area contributed by atoms with Crippen molar-refractivity contribution in [3.63, 3.8) is 0 Å². The molecule has 19 heavy (non-hydrogen) atoms. The molecule has 2 aliphatic rings. The molecular weight excluding hydrogens is 268 g/mol. The van der Waals surface area contributed by atoms with Gasteiger partial charge >= 0.3 is 0 Å². The van der Waals surface area contributed by atoms with Crippen molar-refractivity contribution < 1.29 is 9.66 Å². The van der Waals surface area contributed by atoms with Gasteiger partial charge in [-0.2, -0.15) is 0 Å². The molecule has 1 aromatic carbocycles. The molecule has 0 amide bonds. The first kappa shape index (κ1) is 12.7. The van der Waals surface area contributed by atoms with Crippen molar-refractivity contribution in [3.05, 3.63) is 33.3 Å². The number of halogens is 1. The third-order valence-electron chi connectivity index (χ3n) is 3.74. The number of nitrogens with one attached hydrogen (secondary N) is 1. The molecular formula is C13H15ClN2O3. The summed E-state index contributed by atoms with van der Waals surface area (Å²) in [5.74, 6) is 0.599. The Hall–Kier alpha value is -1.33. The normalized spacial score (nSPS) is 26.4. The highest BCUT2D eigenvalue weighted by Gasteiger charge is 2.41. The molecule has 2 unspecified atom stereocenters. The summed E-state index contributed by atoms with van der Waals surface area (Å²) in [4.78, 5) is 10.6. The molecule has 0 bridgehead atoms. The van der Waals surface area contributed by atoms with Crippen LogP contribution in [-0.2, 0) is 4.74 Å². The Morgan fingerprint density at radius 1 is 1.37 bits per heavy atom. The van der Waals surface area contributed by atoms with Crippen LogP contribution in [0.4, 0.5) is 11.4 Å². The second kappa shape index (κ2) is 4.98. The second-order valence-electron chi connectivity index (χ2n) is 5.10. The highest BCUT2D eigenvalue weighted by Crippen LogP contribution is 2.41. The first-order valence-corrected chi connectivity index (χ1v) is 6.85. The zero-order valence-electron chi connectivity index (χ0n) is 10.3.